The van der Waals surface area contributed by atoms with Crippen LogP contribution in [0.25, 0.3) is 0 Å². The third-order valence-electron chi connectivity index (χ3n) is 4.92. The second-order valence-electron chi connectivity index (χ2n) is 6.91. The van der Waals surface area contributed by atoms with Crippen molar-refractivity contribution in [2.24, 2.45) is 0 Å². The molecule has 2 heterocycles. The van der Waals surface area contributed by atoms with Gasteiger partial charge < -0.3 is 19.5 Å². The Morgan fingerprint density at radius 2 is 1.69 bits per heavy atom. The molecule has 1 amide bonds. The number of amides is 1. The number of rotatable bonds is 5. The molecule has 1 aromatic heterocycles. The van der Waals surface area contributed by atoms with Gasteiger partial charge in [0.15, 0.2) is 11.5 Å². The molecular weight excluding hydrogens is 370 g/mol. The number of aryl methyl sites for hydroxylation is 1. The van der Waals surface area contributed by atoms with Crippen LogP contribution in [-0.2, 0) is 11.3 Å². The number of nitrogens with zero attached hydrogens (tertiary/aromatic N) is 1. The van der Waals surface area contributed by atoms with E-state index in [1.165, 1.54) is 23.1 Å². The Hall–Kier alpha value is -3.80. The highest BCUT2D eigenvalue weighted by atomic mass is 16.3. The number of carbonyl (C=O) groups is 2. The van der Waals surface area contributed by atoms with Crippen LogP contribution in [0.15, 0.2) is 82.5 Å². The molecule has 2 aromatic carbocycles. The van der Waals surface area contributed by atoms with Crippen molar-refractivity contribution in [3.05, 3.63) is 101 Å². The van der Waals surface area contributed by atoms with E-state index in [-0.39, 0.29) is 23.6 Å². The van der Waals surface area contributed by atoms with Crippen LogP contribution in [0.1, 0.15) is 33.5 Å². The van der Waals surface area contributed by atoms with Gasteiger partial charge in [0.2, 0.25) is 5.78 Å². The van der Waals surface area contributed by atoms with Crippen LogP contribution in [0, 0.1) is 6.92 Å². The summed E-state index contributed by atoms with van der Waals surface area (Å²) in [5.41, 5.74) is 1.42. The van der Waals surface area contributed by atoms with Crippen LogP contribution < -0.4 is 0 Å². The quantitative estimate of drug-likeness (QED) is 0.642. The molecule has 3 aromatic rings. The van der Waals surface area contributed by atoms with Crippen molar-refractivity contribution in [2.45, 2.75) is 19.5 Å². The molecule has 4 rings (SSSR count). The Balaban J connectivity index is 1.79. The highest BCUT2D eigenvalue weighted by Crippen LogP contribution is 2.40. The monoisotopic (exact) mass is 389 g/mol. The summed E-state index contributed by atoms with van der Waals surface area (Å²) in [4.78, 5) is 27.5. The summed E-state index contributed by atoms with van der Waals surface area (Å²) in [7, 11) is 0. The van der Waals surface area contributed by atoms with Gasteiger partial charge in [-0.1, -0.05) is 42.5 Å². The number of hydrogen-bond acceptors (Lipinski definition) is 5. The van der Waals surface area contributed by atoms with Crippen molar-refractivity contribution in [1.29, 1.82) is 0 Å². The molecular formula is C23H19NO5. The van der Waals surface area contributed by atoms with E-state index in [0.29, 0.717) is 11.3 Å². The maximum Gasteiger partial charge on any atom is 0.290 e. The highest BCUT2D eigenvalue weighted by molar-refractivity contribution is 6.15. The van der Waals surface area contributed by atoms with Gasteiger partial charge in [0.25, 0.3) is 5.91 Å². The normalized spacial score (nSPS) is 16.5. The first-order valence-corrected chi connectivity index (χ1v) is 9.14. The number of phenols is 1. The molecule has 6 nitrogen and oxygen atoms in total. The Morgan fingerprint density at radius 3 is 2.31 bits per heavy atom. The molecule has 0 aliphatic carbocycles. The third kappa shape index (κ3) is 3.40. The summed E-state index contributed by atoms with van der Waals surface area (Å²) in [6.45, 7) is 1.92. The number of benzene rings is 2. The average Bonchev–Trinajstić information content (AvgIpc) is 3.26. The molecule has 1 atom stereocenters. The van der Waals surface area contributed by atoms with Gasteiger partial charge in [-0.15, -0.1) is 0 Å². The van der Waals surface area contributed by atoms with Gasteiger partial charge in [0, 0.05) is 6.54 Å². The van der Waals surface area contributed by atoms with Crippen molar-refractivity contribution < 1.29 is 24.2 Å². The summed E-state index contributed by atoms with van der Waals surface area (Å²) >= 11 is 0. The predicted molar refractivity (Wildman–Crippen MR) is 105 cm³/mol. The standard InChI is InChI=1S/C23H19NO5/c1-14-7-12-18(29-14)21(26)19-20(16-8-10-17(25)11-9-16)24(23(28)22(19)27)13-15-5-3-2-4-6-15/h2-12,20,25,27H,13H2,1H3. The molecule has 1 aliphatic rings. The van der Waals surface area contributed by atoms with Gasteiger partial charge in [-0.3, -0.25) is 9.59 Å². The Bertz CT molecular complexity index is 1100. The number of ketones is 1. The lowest BCUT2D eigenvalue weighted by molar-refractivity contribution is -0.130. The van der Waals surface area contributed by atoms with Crippen LogP contribution >= 0.6 is 0 Å². The van der Waals surface area contributed by atoms with Crippen LogP contribution in [0.5, 0.6) is 5.75 Å². The fraction of sp³-hybridized carbons (Fsp3) is 0.130. The highest BCUT2D eigenvalue weighted by Gasteiger charge is 2.44. The van der Waals surface area contributed by atoms with E-state index in [1.54, 1.807) is 25.1 Å². The summed E-state index contributed by atoms with van der Waals surface area (Å²) in [6, 6.07) is 17.9. The molecule has 1 unspecified atom stereocenters. The molecule has 0 radical (unpaired) electrons. The minimum absolute atomic E-state index is 0.0361. The summed E-state index contributed by atoms with van der Waals surface area (Å²) in [5, 5.41) is 20.2. The lowest BCUT2D eigenvalue weighted by Crippen LogP contribution is -2.30. The lowest BCUT2D eigenvalue weighted by atomic mass is 9.95. The number of Topliss-reactive ketones (excluding diaryl/α,β-unsaturated/α-hetero) is 1. The van der Waals surface area contributed by atoms with Crippen LogP contribution in [0.4, 0.5) is 0 Å². The van der Waals surface area contributed by atoms with Crippen LogP contribution in [0.3, 0.4) is 0 Å². The number of phenolic OH excluding ortho intramolecular Hbond substituents is 1. The van der Waals surface area contributed by atoms with Gasteiger partial charge >= 0.3 is 0 Å². The predicted octanol–water partition coefficient (Wildman–Crippen LogP) is 4.07. The third-order valence-corrected chi connectivity index (χ3v) is 4.92. The smallest absolute Gasteiger partial charge is 0.290 e. The molecule has 0 fully saturated rings. The van der Waals surface area contributed by atoms with Gasteiger partial charge in [-0.05, 0) is 42.3 Å². The minimum atomic E-state index is -0.804. The van der Waals surface area contributed by atoms with E-state index < -0.39 is 23.5 Å². The topological polar surface area (TPSA) is 91.0 Å². The van der Waals surface area contributed by atoms with Crippen LogP contribution in [-0.4, -0.2) is 26.8 Å². The maximum absolute atomic E-state index is 13.1. The second kappa shape index (κ2) is 7.31. The summed E-state index contributed by atoms with van der Waals surface area (Å²) in [5.74, 6) is -1.08. The molecule has 1 aliphatic heterocycles. The van der Waals surface area contributed by atoms with Crippen molar-refractivity contribution in [2.75, 3.05) is 0 Å². The lowest BCUT2D eigenvalue weighted by Gasteiger charge is -2.26. The van der Waals surface area contributed by atoms with Crippen molar-refractivity contribution in [3.63, 3.8) is 0 Å². The van der Waals surface area contributed by atoms with E-state index in [2.05, 4.69) is 0 Å². The molecule has 29 heavy (non-hydrogen) atoms. The minimum Gasteiger partial charge on any atom is -0.508 e. The van der Waals surface area contributed by atoms with E-state index in [9.17, 15) is 19.8 Å². The van der Waals surface area contributed by atoms with Gasteiger partial charge in [0.05, 0.1) is 11.6 Å². The van der Waals surface area contributed by atoms with Crippen molar-refractivity contribution >= 4 is 11.7 Å². The fourth-order valence-electron chi connectivity index (χ4n) is 3.52. The zero-order valence-corrected chi connectivity index (χ0v) is 15.7. The van der Waals surface area contributed by atoms with Crippen LogP contribution in [0.2, 0.25) is 0 Å². The number of hydrogen-bond donors (Lipinski definition) is 2. The van der Waals surface area contributed by atoms with Gasteiger partial charge in [-0.25, -0.2) is 0 Å². The van der Waals surface area contributed by atoms with Crippen molar-refractivity contribution in [1.82, 2.24) is 4.90 Å². The average molecular weight is 389 g/mol. The maximum atomic E-state index is 13.1. The SMILES string of the molecule is Cc1ccc(C(=O)C2=C(O)C(=O)N(Cc3ccccc3)C2c2ccc(O)cc2)o1. The molecule has 0 saturated carbocycles. The zero-order chi connectivity index (χ0) is 20.5. The number of aromatic hydroxyl groups is 1. The van der Waals surface area contributed by atoms with E-state index in [1.807, 2.05) is 30.3 Å². The first kappa shape index (κ1) is 18.6. The first-order valence-electron chi connectivity index (χ1n) is 9.14. The van der Waals surface area contributed by atoms with Crippen molar-refractivity contribution in [3.8, 4) is 5.75 Å². The van der Waals surface area contributed by atoms with E-state index in [4.69, 9.17) is 4.42 Å². The molecule has 0 saturated heterocycles. The molecule has 6 heteroatoms. The fourth-order valence-corrected chi connectivity index (χ4v) is 3.52. The molecule has 0 bridgehead atoms. The zero-order valence-electron chi connectivity index (χ0n) is 15.7. The molecule has 146 valence electrons. The molecule has 0 spiro atoms. The summed E-state index contributed by atoms with van der Waals surface area (Å²) in [6.07, 6.45) is 0. The van der Waals surface area contributed by atoms with E-state index in [0.717, 1.165) is 5.56 Å². The number of furan rings is 1. The van der Waals surface area contributed by atoms with Gasteiger partial charge in [0.1, 0.15) is 11.5 Å². The Kier molecular flexibility index (Phi) is 4.68. The molecule has 2 N–H and O–H groups in total. The Labute approximate surface area is 167 Å². The largest absolute Gasteiger partial charge is 0.508 e. The summed E-state index contributed by atoms with van der Waals surface area (Å²) < 4.78 is 5.43. The van der Waals surface area contributed by atoms with Gasteiger partial charge in [-0.2, -0.15) is 0 Å². The number of aliphatic hydroxyl groups is 1. The number of aliphatic hydroxyl groups excluding tert-OH is 1. The number of carbonyl (C=O) groups excluding carboxylic acids is 2. The second-order valence-corrected chi connectivity index (χ2v) is 6.91. The van der Waals surface area contributed by atoms with E-state index >= 15 is 0 Å². The Morgan fingerprint density at radius 1 is 1.00 bits per heavy atom. The first-order chi connectivity index (χ1) is 14.0.